The molecule has 2 saturated heterocycles. The first-order valence-corrected chi connectivity index (χ1v) is 14.8. The summed E-state index contributed by atoms with van der Waals surface area (Å²) in [6.45, 7) is 0.442. The van der Waals surface area contributed by atoms with Gasteiger partial charge in [-0.25, -0.2) is 4.79 Å². The van der Waals surface area contributed by atoms with Crippen LogP contribution in [0.15, 0.2) is 102 Å². The van der Waals surface area contributed by atoms with Gasteiger partial charge in [0.05, 0.1) is 34.5 Å². The third-order valence-corrected chi connectivity index (χ3v) is 9.30. The maximum absolute atomic E-state index is 13.7. The van der Waals surface area contributed by atoms with Crippen molar-refractivity contribution in [2.45, 2.75) is 30.9 Å². The molecule has 1 amide bonds. The van der Waals surface area contributed by atoms with E-state index in [1.807, 2.05) is 54.7 Å². The molecule has 0 spiro atoms. The highest BCUT2D eigenvalue weighted by Gasteiger charge is 2.48. The van der Waals surface area contributed by atoms with Crippen LogP contribution in [0.5, 0.6) is 0 Å². The number of rotatable bonds is 4. The van der Waals surface area contributed by atoms with Gasteiger partial charge in [-0.05, 0) is 77.9 Å². The molecule has 2 unspecified atom stereocenters. The van der Waals surface area contributed by atoms with Crippen molar-refractivity contribution in [3.05, 3.63) is 114 Å². The third kappa shape index (κ3) is 3.96. The lowest BCUT2D eigenvalue weighted by Crippen LogP contribution is -2.42. The molecule has 9 nitrogen and oxygen atoms in total. The first kappa shape index (κ1) is 26.4. The minimum atomic E-state index is -1.53. The van der Waals surface area contributed by atoms with Crippen molar-refractivity contribution in [2.75, 3.05) is 6.54 Å². The predicted molar refractivity (Wildman–Crippen MR) is 167 cm³/mol. The van der Waals surface area contributed by atoms with Crippen molar-refractivity contribution in [3.63, 3.8) is 0 Å². The number of hydrogen-bond donors (Lipinski definition) is 1. The molecule has 5 heterocycles. The predicted octanol–water partition coefficient (Wildman–Crippen LogP) is 4.35. The van der Waals surface area contributed by atoms with Gasteiger partial charge < -0.3 is 14.6 Å². The van der Waals surface area contributed by atoms with Crippen molar-refractivity contribution < 1.29 is 14.7 Å². The van der Waals surface area contributed by atoms with Crippen molar-refractivity contribution in [2.24, 2.45) is 7.05 Å². The number of carbonyl (C=O) groups excluding carboxylic acids is 2. The molecular weight excluding hydrogens is 554 g/mol. The maximum atomic E-state index is 13.7. The number of aliphatic hydroxyl groups excluding tert-OH is 1. The Labute approximate surface area is 252 Å². The van der Waals surface area contributed by atoms with Gasteiger partial charge in [0.2, 0.25) is 0 Å². The second-order valence-electron chi connectivity index (χ2n) is 11.7. The average molecular weight is 584 g/mol. The van der Waals surface area contributed by atoms with Gasteiger partial charge in [-0.1, -0.05) is 36.4 Å². The molecule has 218 valence electrons. The Kier molecular flexibility index (Phi) is 5.92. The summed E-state index contributed by atoms with van der Waals surface area (Å²) in [5.74, 6) is -0.815. The van der Waals surface area contributed by atoms with Gasteiger partial charge in [0.25, 0.3) is 5.91 Å². The average Bonchev–Trinajstić information content (AvgIpc) is 3.72. The number of imidazole rings is 1. The fourth-order valence-electron chi connectivity index (χ4n) is 6.90. The number of benzene rings is 3. The summed E-state index contributed by atoms with van der Waals surface area (Å²) >= 11 is 0. The van der Waals surface area contributed by atoms with Gasteiger partial charge in [0, 0.05) is 37.1 Å². The molecule has 1 N–H and O–H groups in total. The lowest BCUT2D eigenvalue weighted by atomic mass is 9.85. The van der Waals surface area contributed by atoms with Crippen LogP contribution in [-0.4, -0.2) is 59.1 Å². The largest absolute Gasteiger partial charge is 0.376 e. The molecule has 8 rings (SSSR count). The Balaban J connectivity index is 1.18. The minimum Gasteiger partial charge on any atom is -0.376 e. The highest BCUT2D eigenvalue weighted by atomic mass is 16.3. The van der Waals surface area contributed by atoms with E-state index >= 15 is 0 Å². The Bertz CT molecular complexity index is 2160. The topological polar surface area (TPSA) is 102 Å². The smallest absolute Gasteiger partial charge is 0.333 e. The molecule has 2 fully saturated rings. The Morgan fingerprint density at radius 1 is 0.886 bits per heavy atom. The molecule has 2 aliphatic rings. The molecular formula is C35H29N5O4. The molecule has 0 bridgehead atoms. The number of para-hydroxylation sites is 1. The van der Waals surface area contributed by atoms with E-state index in [2.05, 4.69) is 46.1 Å². The van der Waals surface area contributed by atoms with Crippen LogP contribution >= 0.6 is 0 Å². The van der Waals surface area contributed by atoms with E-state index in [-0.39, 0.29) is 11.6 Å². The number of nitrogens with zero attached hydrogens (tertiary/aromatic N) is 5. The summed E-state index contributed by atoms with van der Waals surface area (Å²) in [4.78, 5) is 44.5. The monoisotopic (exact) mass is 583 g/mol. The lowest BCUT2D eigenvalue weighted by Gasteiger charge is -2.33. The second-order valence-corrected chi connectivity index (χ2v) is 11.7. The van der Waals surface area contributed by atoms with Gasteiger partial charge in [0.15, 0.2) is 11.9 Å². The van der Waals surface area contributed by atoms with Gasteiger partial charge >= 0.3 is 5.69 Å². The molecule has 3 atom stereocenters. The van der Waals surface area contributed by atoms with E-state index in [9.17, 15) is 19.5 Å². The lowest BCUT2D eigenvalue weighted by molar-refractivity contribution is -0.137. The number of pyridine rings is 1. The summed E-state index contributed by atoms with van der Waals surface area (Å²) < 4.78 is 5.45. The van der Waals surface area contributed by atoms with Crippen molar-refractivity contribution in [1.82, 2.24) is 23.6 Å². The van der Waals surface area contributed by atoms with Crippen LogP contribution in [0.25, 0.3) is 44.4 Å². The number of piperidine rings is 1. The molecule has 6 aromatic rings. The number of aromatic nitrogens is 4. The molecule has 2 aliphatic heterocycles. The molecule has 3 aromatic heterocycles. The number of hydrogen-bond acceptors (Lipinski definition) is 5. The zero-order valence-electron chi connectivity index (χ0n) is 24.0. The third-order valence-electron chi connectivity index (χ3n) is 9.30. The summed E-state index contributed by atoms with van der Waals surface area (Å²) in [6, 6.07) is 25.7. The van der Waals surface area contributed by atoms with Crippen LogP contribution in [-0.2, 0) is 16.6 Å². The van der Waals surface area contributed by atoms with Crippen LogP contribution in [0.3, 0.4) is 0 Å². The van der Waals surface area contributed by atoms with Crippen LogP contribution < -0.4 is 5.69 Å². The second kappa shape index (κ2) is 9.89. The standard InChI is InChI=1S/C35H29N5O4/c1-37-30-19-36-28-12-9-22(24-13-15-38(20-24)25-5-3-2-4-6-25)17-27(28)31(30)40(35(37)44)26-10-7-21(8-11-26)23-14-16-39-29(18-23)32(41)33(42)34(39)43/h2-13,15,17,19-20,23,29,33,42H,14,16,18H2,1H3/t23?,29?,33-/m0/s1. The summed E-state index contributed by atoms with van der Waals surface area (Å²) in [6.07, 6.45) is 5.55. The van der Waals surface area contributed by atoms with Crippen LogP contribution in [0.1, 0.15) is 24.3 Å². The molecule has 44 heavy (non-hydrogen) atoms. The van der Waals surface area contributed by atoms with Crippen molar-refractivity contribution in [1.29, 1.82) is 0 Å². The Morgan fingerprint density at radius 2 is 1.68 bits per heavy atom. The summed E-state index contributed by atoms with van der Waals surface area (Å²) in [5.41, 5.74) is 7.09. The molecule has 0 saturated carbocycles. The maximum Gasteiger partial charge on any atom is 0.333 e. The van der Waals surface area contributed by atoms with E-state index in [0.717, 1.165) is 50.0 Å². The number of aliphatic hydroxyl groups is 1. The van der Waals surface area contributed by atoms with Crippen molar-refractivity contribution in [3.8, 4) is 22.5 Å². The van der Waals surface area contributed by atoms with E-state index in [1.54, 1.807) is 22.4 Å². The number of Topliss-reactive ketones (excluding diaryl/α,β-unsaturated/α-hetero) is 1. The highest BCUT2D eigenvalue weighted by molar-refractivity contribution is 6.13. The van der Waals surface area contributed by atoms with Gasteiger partial charge in [-0.2, -0.15) is 0 Å². The normalized spacial score (nSPS) is 20.1. The first-order valence-electron chi connectivity index (χ1n) is 14.8. The summed E-state index contributed by atoms with van der Waals surface area (Å²) in [5, 5.41) is 10.8. The fourth-order valence-corrected chi connectivity index (χ4v) is 6.90. The molecule has 9 heteroatoms. The number of ketones is 1. The van der Waals surface area contributed by atoms with Gasteiger partial charge in [-0.3, -0.25) is 23.7 Å². The van der Waals surface area contributed by atoms with E-state index in [0.29, 0.717) is 19.4 Å². The quantitative estimate of drug-likeness (QED) is 0.311. The van der Waals surface area contributed by atoms with Crippen LogP contribution in [0.4, 0.5) is 0 Å². The Hall–Kier alpha value is -5.28. The number of carbonyl (C=O) groups is 2. The van der Waals surface area contributed by atoms with Crippen molar-refractivity contribution >= 4 is 33.6 Å². The Morgan fingerprint density at radius 3 is 2.48 bits per heavy atom. The highest BCUT2D eigenvalue weighted by Crippen LogP contribution is 2.36. The minimum absolute atomic E-state index is 0.0763. The van der Waals surface area contributed by atoms with E-state index in [4.69, 9.17) is 0 Å². The molecule has 3 aromatic carbocycles. The van der Waals surface area contributed by atoms with Crippen LogP contribution in [0.2, 0.25) is 0 Å². The number of fused-ring (bicyclic) bond motifs is 4. The van der Waals surface area contributed by atoms with E-state index in [1.165, 1.54) is 4.90 Å². The van der Waals surface area contributed by atoms with Crippen LogP contribution in [0, 0.1) is 0 Å². The van der Waals surface area contributed by atoms with Gasteiger partial charge in [0.1, 0.15) is 0 Å². The number of aryl methyl sites for hydroxylation is 1. The molecule has 0 radical (unpaired) electrons. The SMILES string of the molecule is Cn1c(=O)n(-c2ccc(C3CCN4C(=O)[C@@H](O)C(=O)C4C3)cc2)c2c3cc(-c4ccn(-c5ccccc5)c4)ccc3ncc21. The summed E-state index contributed by atoms with van der Waals surface area (Å²) in [7, 11) is 1.76. The van der Waals surface area contributed by atoms with E-state index < -0.39 is 23.8 Å². The fraction of sp³-hybridized carbons (Fsp3) is 0.200. The zero-order chi connectivity index (χ0) is 30.1. The van der Waals surface area contributed by atoms with Gasteiger partial charge in [-0.15, -0.1) is 0 Å². The first-order chi connectivity index (χ1) is 21.4. The molecule has 0 aliphatic carbocycles. The number of amides is 1. The zero-order valence-corrected chi connectivity index (χ0v) is 24.0.